The van der Waals surface area contributed by atoms with Crippen LogP contribution in [-0.2, 0) is 0 Å². The van der Waals surface area contributed by atoms with Crippen molar-refractivity contribution >= 4 is 5.71 Å². The standard InChI is InChI=1S/C12H16N2/c1-9-2-4-10(5-3-9)12-7-6-11(13)8-14-12/h2,4,8H,3,5-7,13H2,1H3. The maximum Gasteiger partial charge on any atom is 0.0458 e. The van der Waals surface area contributed by atoms with Gasteiger partial charge in [0.15, 0.2) is 0 Å². The first kappa shape index (κ1) is 9.25. The van der Waals surface area contributed by atoms with Crippen molar-refractivity contribution in [3.8, 4) is 0 Å². The molecule has 1 aliphatic heterocycles. The average Bonchev–Trinajstić information content (AvgIpc) is 2.21. The summed E-state index contributed by atoms with van der Waals surface area (Å²) >= 11 is 0. The van der Waals surface area contributed by atoms with E-state index in [0.717, 1.165) is 25.0 Å². The average molecular weight is 188 g/mol. The molecule has 0 fully saturated rings. The van der Waals surface area contributed by atoms with Crippen molar-refractivity contribution in [1.82, 2.24) is 0 Å². The van der Waals surface area contributed by atoms with E-state index in [1.165, 1.54) is 23.3 Å². The maximum absolute atomic E-state index is 5.67. The van der Waals surface area contributed by atoms with Crippen LogP contribution in [0.25, 0.3) is 0 Å². The molecule has 1 aliphatic carbocycles. The molecule has 0 bridgehead atoms. The molecule has 14 heavy (non-hydrogen) atoms. The van der Waals surface area contributed by atoms with Crippen molar-refractivity contribution in [1.29, 1.82) is 0 Å². The molecule has 0 aromatic rings. The van der Waals surface area contributed by atoms with Crippen LogP contribution in [0.2, 0.25) is 0 Å². The summed E-state index contributed by atoms with van der Waals surface area (Å²) in [5.74, 6) is 0. The molecule has 0 saturated heterocycles. The lowest BCUT2D eigenvalue weighted by Crippen LogP contribution is -2.11. The highest BCUT2D eigenvalue weighted by Gasteiger charge is 2.12. The molecule has 0 unspecified atom stereocenters. The van der Waals surface area contributed by atoms with Gasteiger partial charge in [-0.15, -0.1) is 0 Å². The van der Waals surface area contributed by atoms with Gasteiger partial charge in [0, 0.05) is 17.6 Å². The van der Waals surface area contributed by atoms with Crippen molar-refractivity contribution in [3.05, 3.63) is 35.2 Å². The van der Waals surface area contributed by atoms with Gasteiger partial charge in [0.25, 0.3) is 0 Å². The Kier molecular flexibility index (Phi) is 2.53. The molecule has 2 heteroatoms. The summed E-state index contributed by atoms with van der Waals surface area (Å²) in [4.78, 5) is 4.39. The number of nitrogens with two attached hydrogens (primary N) is 1. The third-order valence-corrected chi connectivity index (χ3v) is 2.77. The highest BCUT2D eigenvalue weighted by molar-refractivity contribution is 6.01. The first-order valence-electron chi connectivity index (χ1n) is 5.13. The highest BCUT2D eigenvalue weighted by atomic mass is 14.8. The summed E-state index contributed by atoms with van der Waals surface area (Å²) in [7, 11) is 0. The van der Waals surface area contributed by atoms with Gasteiger partial charge in [-0.25, -0.2) is 0 Å². The largest absolute Gasteiger partial charge is 0.401 e. The monoisotopic (exact) mass is 188 g/mol. The highest BCUT2D eigenvalue weighted by Crippen LogP contribution is 2.22. The van der Waals surface area contributed by atoms with Gasteiger partial charge < -0.3 is 5.73 Å². The molecule has 0 amide bonds. The Morgan fingerprint density at radius 2 is 2.00 bits per heavy atom. The molecule has 2 rings (SSSR count). The predicted octanol–water partition coefficient (Wildman–Crippen LogP) is 2.69. The molecule has 74 valence electrons. The van der Waals surface area contributed by atoms with Crippen molar-refractivity contribution in [2.45, 2.75) is 32.6 Å². The van der Waals surface area contributed by atoms with Crippen LogP contribution in [-0.4, -0.2) is 5.71 Å². The molecule has 1 heterocycles. The van der Waals surface area contributed by atoms with Crippen molar-refractivity contribution in [3.63, 3.8) is 0 Å². The Morgan fingerprint density at radius 1 is 1.14 bits per heavy atom. The van der Waals surface area contributed by atoms with Gasteiger partial charge in [0.2, 0.25) is 0 Å². The van der Waals surface area contributed by atoms with Gasteiger partial charge in [-0.05, 0) is 38.2 Å². The molecular formula is C12H16N2. The molecule has 2 N–H and O–H groups in total. The lowest BCUT2D eigenvalue weighted by molar-refractivity contribution is 0.903. The Labute approximate surface area is 84.9 Å². The van der Waals surface area contributed by atoms with Crippen LogP contribution in [0.1, 0.15) is 32.6 Å². The second-order valence-corrected chi connectivity index (χ2v) is 3.98. The second kappa shape index (κ2) is 3.82. The van der Waals surface area contributed by atoms with Crippen LogP contribution in [0.5, 0.6) is 0 Å². The number of allylic oxidation sites excluding steroid dienone is 5. The molecule has 0 saturated carbocycles. The Balaban J connectivity index is 2.17. The Bertz CT molecular complexity index is 321. The fourth-order valence-electron chi connectivity index (χ4n) is 1.78. The van der Waals surface area contributed by atoms with Crippen LogP contribution in [0.3, 0.4) is 0 Å². The molecule has 0 aromatic carbocycles. The third kappa shape index (κ3) is 1.95. The quantitative estimate of drug-likeness (QED) is 0.675. The van der Waals surface area contributed by atoms with Crippen molar-refractivity contribution in [2.75, 3.05) is 0 Å². The van der Waals surface area contributed by atoms with E-state index in [2.05, 4.69) is 24.1 Å². The van der Waals surface area contributed by atoms with E-state index in [1.807, 2.05) is 0 Å². The van der Waals surface area contributed by atoms with Crippen LogP contribution in [0, 0.1) is 0 Å². The van der Waals surface area contributed by atoms with Gasteiger partial charge in [0.05, 0.1) is 0 Å². The van der Waals surface area contributed by atoms with E-state index in [9.17, 15) is 0 Å². The first-order valence-corrected chi connectivity index (χ1v) is 5.13. The normalized spacial score (nSPS) is 22.1. The zero-order chi connectivity index (χ0) is 9.97. The molecule has 0 spiro atoms. The number of hydrogen-bond donors (Lipinski definition) is 1. The first-order chi connectivity index (χ1) is 6.75. The smallest absolute Gasteiger partial charge is 0.0458 e. The molecule has 0 atom stereocenters. The van der Waals surface area contributed by atoms with Crippen LogP contribution in [0.4, 0.5) is 0 Å². The molecule has 2 aliphatic rings. The number of nitrogens with zero attached hydrogens (tertiary/aromatic N) is 1. The lowest BCUT2D eigenvalue weighted by Gasteiger charge is -2.16. The third-order valence-electron chi connectivity index (χ3n) is 2.77. The number of rotatable bonds is 1. The number of hydrogen-bond acceptors (Lipinski definition) is 2. The van der Waals surface area contributed by atoms with Gasteiger partial charge in [-0.3, -0.25) is 4.99 Å². The molecular weight excluding hydrogens is 172 g/mol. The maximum atomic E-state index is 5.67. The van der Waals surface area contributed by atoms with E-state index in [-0.39, 0.29) is 0 Å². The van der Waals surface area contributed by atoms with Crippen LogP contribution < -0.4 is 5.73 Å². The lowest BCUT2D eigenvalue weighted by atomic mass is 9.93. The topological polar surface area (TPSA) is 38.4 Å². The zero-order valence-electron chi connectivity index (χ0n) is 8.59. The van der Waals surface area contributed by atoms with Gasteiger partial charge >= 0.3 is 0 Å². The molecule has 2 nitrogen and oxygen atoms in total. The van der Waals surface area contributed by atoms with E-state index < -0.39 is 0 Å². The SMILES string of the molecule is CC1=CC=C(C2=NC=C(N)CC2)CC1. The molecule has 0 aromatic heterocycles. The Hall–Kier alpha value is -1.31. The van der Waals surface area contributed by atoms with Crippen LogP contribution >= 0.6 is 0 Å². The minimum Gasteiger partial charge on any atom is -0.401 e. The van der Waals surface area contributed by atoms with E-state index >= 15 is 0 Å². The Morgan fingerprint density at radius 3 is 2.57 bits per heavy atom. The van der Waals surface area contributed by atoms with Crippen LogP contribution in [0.15, 0.2) is 40.2 Å². The summed E-state index contributed by atoms with van der Waals surface area (Å²) in [6.45, 7) is 2.17. The summed E-state index contributed by atoms with van der Waals surface area (Å²) in [5.41, 5.74) is 10.6. The van der Waals surface area contributed by atoms with Crippen molar-refractivity contribution in [2.24, 2.45) is 10.7 Å². The fraction of sp³-hybridized carbons (Fsp3) is 0.417. The summed E-state index contributed by atoms with van der Waals surface area (Å²) in [6.07, 6.45) is 10.5. The fourth-order valence-corrected chi connectivity index (χ4v) is 1.78. The number of aliphatic imine (C=N–C) groups is 1. The predicted molar refractivity (Wildman–Crippen MR) is 60.0 cm³/mol. The second-order valence-electron chi connectivity index (χ2n) is 3.98. The van der Waals surface area contributed by atoms with E-state index in [1.54, 1.807) is 6.20 Å². The van der Waals surface area contributed by atoms with E-state index in [4.69, 9.17) is 5.73 Å². The summed E-state index contributed by atoms with van der Waals surface area (Å²) in [5, 5.41) is 0. The minimum atomic E-state index is 0.900. The van der Waals surface area contributed by atoms with Gasteiger partial charge in [-0.2, -0.15) is 0 Å². The zero-order valence-corrected chi connectivity index (χ0v) is 8.59. The van der Waals surface area contributed by atoms with E-state index in [0.29, 0.717) is 0 Å². The van der Waals surface area contributed by atoms with Crippen molar-refractivity contribution < 1.29 is 0 Å². The summed E-state index contributed by atoms with van der Waals surface area (Å²) in [6, 6.07) is 0. The van der Waals surface area contributed by atoms with Gasteiger partial charge in [-0.1, -0.05) is 17.7 Å². The minimum absolute atomic E-state index is 0.900. The van der Waals surface area contributed by atoms with Gasteiger partial charge in [0.1, 0.15) is 0 Å². The molecule has 0 radical (unpaired) electrons. The summed E-state index contributed by atoms with van der Waals surface area (Å²) < 4.78 is 0.